The average Bonchev–Trinajstić information content (AvgIpc) is 3.36. The van der Waals surface area contributed by atoms with E-state index in [1.165, 1.54) is 0 Å². The van der Waals surface area contributed by atoms with E-state index in [9.17, 15) is 4.79 Å². The predicted molar refractivity (Wildman–Crippen MR) is 136 cm³/mol. The number of amides is 1. The van der Waals surface area contributed by atoms with Gasteiger partial charge in [0.2, 0.25) is 5.91 Å². The van der Waals surface area contributed by atoms with Crippen LogP contribution >= 0.6 is 0 Å². The summed E-state index contributed by atoms with van der Waals surface area (Å²) >= 11 is 0. The number of nitrogens with zero attached hydrogens (tertiary/aromatic N) is 2. The Morgan fingerprint density at radius 1 is 1.09 bits per heavy atom. The first-order valence-corrected chi connectivity index (χ1v) is 11.6. The largest absolute Gasteiger partial charge is 0.493 e. The highest BCUT2D eigenvalue weighted by molar-refractivity contribution is 5.95. The third kappa shape index (κ3) is 4.51. The molecule has 0 atom stereocenters. The number of hydrogen-bond acceptors (Lipinski definition) is 4. The van der Waals surface area contributed by atoms with Gasteiger partial charge in [0, 0.05) is 18.7 Å². The minimum absolute atomic E-state index is 0.00438. The molecule has 0 spiro atoms. The lowest BCUT2D eigenvalue weighted by Gasteiger charge is -2.15. The summed E-state index contributed by atoms with van der Waals surface area (Å²) < 4.78 is 13.0. The highest BCUT2D eigenvalue weighted by Crippen LogP contribution is 2.36. The van der Waals surface area contributed by atoms with Crippen LogP contribution in [0, 0.1) is 13.8 Å². The summed E-state index contributed by atoms with van der Waals surface area (Å²) in [5.74, 6) is 2.97. The van der Waals surface area contributed by atoms with E-state index < -0.39 is 0 Å². The Kier molecular flexibility index (Phi) is 6.91. The van der Waals surface area contributed by atoms with Crippen LogP contribution in [-0.2, 0) is 17.8 Å². The zero-order valence-electron chi connectivity index (χ0n) is 20.5. The molecule has 2 heterocycles. The molecule has 0 saturated heterocycles. The summed E-state index contributed by atoms with van der Waals surface area (Å²) in [6.07, 6.45) is 2.03. The van der Waals surface area contributed by atoms with E-state index in [-0.39, 0.29) is 5.91 Å². The molecule has 7 heteroatoms. The lowest BCUT2D eigenvalue weighted by Crippen LogP contribution is -2.16. The van der Waals surface area contributed by atoms with Gasteiger partial charge in [-0.25, -0.2) is 4.98 Å². The molecule has 0 radical (unpaired) electrons. The van der Waals surface area contributed by atoms with Crippen molar-refractivity contribution in [1.82, 2.24) is 14.5 Å². The maximum absolute atomic E-state index is 12.7. The number of aromatic nitrogens is 3. The summed E-state index contributed by atoms with van der Waals surface area (Å²) in [6.45, 7) is 6.88. The molecule has 2 aromatic heterocycles. The van der Waals surface area contributed by atoms with E-state index in [4.69, 9.17) is 14.5 Å². The monoisotopic (exact) mass is 460 g/mol. The van der Waals surface area contributed by atoms with Crippen molar-refractivity contribution in [3.8, 4) is 22.9 Å². The maximum atomic E-state index is 12.7. The quantitative estimate of drug-likeness (QED) is 0.338. The Morgan fingerprint density at radius 3 is 2.56 bits per heavy atom. The number of carbonyl (C=O) groups excluding carboxylic acids is 1. The number of rotatable bonds is 9. The number of H-pyrrole nitrogens is 1. The summed E-state index contributed by atoms with van der Waals surface area (Å²) in [6, 6.07) is 13.9. The topological polar surface area (TPSA) is 81.2 Å². The molecular weight excluding hydrogens is 428 g/mol. The second kappa shape index (κ2) is 10.0. The molecular formula is C27H32N4O3. The Balaban J connectivity index is 1.74. The molecule has 34 heavy (non-hydrogen) atoms. The number of aromatic amines is 1. The van der Waals surface area contributed by atoms with Crippen LogP contribution in [0.5, 0.6) is 11.5 Å². The Morgan fingerprint density at radius 2 is 1.85 bits per heavy atom. The smallest absolute Gasteiger partial charge is 0.225 e. The first kappa shape index (κ1) is 23.4. The van der Waals surface area contributed by atoms with Crippen molar-refractivity contribution in [2.45, 2.75) is 46.6 Å². The number of imidazole rings is 1. The fraction of sp³-hybridized carbons (Fsp3) is 0.333. The van der Waals surface area contributed by atoms with E-state index in [1.807, 2.05) is 49.4 Å². The van der Waals surface area contributed by atoms with E-state index in [0.29, 0.717) is 24.5 Å². The van der Waals surface area contributed by atoms with Crippen molar-refractivity contribution in [2.24, 2.45) is 0 Å². The summed E-state index contributed by atoms with van der Waals surface area (Å²) in [5.41, 5.74) is 6.13. The normalized spacial score (nSPS) is 11.1. The van der Waals surface area contributed by atoms with Gasteiger partial charge < -0.3 is 24.3 Å². The van der Waals surface area contributed by atoms with Crippen molar-refractivity contribution in [2.75, 3.05) is 19.5 Å². The van der Waals surface area contributed by atoms with E-state index >= 15 is 0 Å². The van der Waals surface area contributed by atoms with E-state index in [1.54, 1.807) is 14.2 Å². The molecule has 0 unspecified atom stereocenters. The van der Waals surface area contributed by atoms with Crippen LogP contribution in [0.15, 0.2) is 42.5 Å². The Hall–Kier alpha value is -3.74. The zero-order chi connectivity index (χ0) is 24.2. The fourth-order valence-corrected chi connectivity index (χ4v) is 4.33. The van der Waals surface area contributed by atoms with Gasteiger partial charge in [-0.05, 0) is 62.1 Å². The number of benzene rings is 2. The number of fused-ring (bicyclic) bond motifs is 1. The number of carbonyl (C=O) groups is 1. The SMILES string of the molecule is CCCC(=O)Nc1c(-c2nc3ccccc3[nH]2)c(C)c(C)n1CCc1ccc(OC)c(OC)c1. The van der Waals surface area contributed by atoms with Gasteiger partial charge in [-0.1, -0.05) is 25.1 Å². The lowest BCUT2D eigenvalue weighted by molar-refractivity contribution is -0.116. The van der Waals surface area contributed by atoms with Crippen LogP contribution in [0.1, 0.15) is 36.6 Å². The first-order valence-electron chi connectivity index (χ1n) is 11.6. The standard InChI is InChI=1S/C27H32N4O3/c1-6-9-24(32)30-27-25(26-28-20-10-7-8-11-21(20)29-26)17(2)18(3)31(27)15-14-19-12-13-22(33-4)23(16-19)34-5/h7-8,10-13,16H,6,9,14-15H2,1-5H3,(H,28,29)(H,30,32). The third-order valence-electron chi connectivity index (χ3n) is 6.26. The second-order valence-corrected chi connectivity index (χ2v) is 8.43. The van der Waals surface area contributed by atoms with Crippen LogP contribution in [0.4, 0.5) is 5.82 Å². The minimum Gasteiger partial charge on any atom is -0.493 e. The molecule has 1 amide bonds. The van der Waals surface area contributed by atoms with Gasteiger partial charge in [-0.3, -0.25) is 4.79 Å². The van der Waals surface area contributed by atoms with Crippen molar-refractivity contribution in [1.29, 1.82) is 0 Å². The van der Waals surface area contributed by atoms with Crippen molar-refractivity contribution in [3.05, 3.63) is 59.3 Å². The second-order valence-electron chi connectivity index (χ2n) is 8.43. The molecule has 4 aromatic rings. The third-order valence-corrected chi connectivity index (χ3v) is 6.26. The van der Waals surface area contributed by atoms with E-state index in [0.717, 1.165) is 57.9 Å². The lowest BCUT2D eigenvalue weighted by atomic mass is 10.1. The van der Waals surface area contributed by atoms with Crippen LogP contribution in [0.2, 0.25) is 0 Å². The molecule has 0 aliphatic rings. The predicted octanol–water partition coefficient (Wildman–Crippen LogP) is 5.65. The molecule has 2 N–H and O–H groups in total. The average molecular weight is 461 g/mol. The maximum Gasteiger partial charge on any atom is 0.225 e. The van der Waals surface area contributed by atoms with Gasteiger partial charge in [0.1, 0.15) is 11.6 Å². The number of anilines is 1. The Bertz CT molecular complexity index is 1290. The molecule has 2 aromatic carbocycles. The van der Waals surface area contributed by atoms with Gasteiger partial charge in [-0.2, -0.15) is 0 Å². The van der Waals surface area contributed by atoms with Gasteiger partial charge >= 0.3 is 0 Å². The highest BCUT2D eigenvalue weighted by Gasteiger charge is 2.23. The fourth-order valence-electron chi connectivity index (χ4n) is 4.33. The first-order chi connectivity index (χ1) is 16.5. The highest BCUT2D eigenvalue weighted by atomic mass is 16.5. The van der Waals surface area contributed by atoms with Gasteiger partial charge in [0.05, 0.1) is 30.8 Å². The van der Waals surface area contributed by atoms with Crippen molar-refractivity contribution < 1.29 is 14.3 Å². The van der Waals surface area contributed by atoms with Gasteiger partial charge in [0.25, 0.3) is 0 Å². The number of nitrogens with one attached hydrogen (secondary N) is 2. The molecule has 0 aliphatic heterocycles. The molecule has 0 saturated carbocycles. The van der Waals surface area contributed by atoms with Crippen LogP contribution in [0.3, 0.4) is 0 Å². The number of methoxy groups -OCH3 is 2. The molecule has 4 rings (SSSR count). The summed E-state index contributed by atoms with van der Waals surface area (Å²) in [7, 11) is 3.27. The summed E-state index contributed by atoms with van der Waals surface area (Å²) in [4.78, 5) is 20.9. The zero-order valence-corrected chi connectivity index (χ0v) is 20.5. The molecule has 0 fully saturated rings. The van der Waals surface area contributed by atoms with Gasteiger partial charge in [0.15, 0.2) is 11.5 Å². The number of ether oxygens (including phenoxy) is 2. The molecule has 0 aliphatic carbocycles. The van der Waals surface area contributed by atoms with Crippen LogP contribution in [0.25, 0.3) is 22.4 Å². The summed E-state index contributed by atoms with van der Waals surface area (Å²) in [5, 5.41) is 3.18. The number of hydrogen-bond donors (Lipinski definition) is 2. The number of para-hydroxylation sites is 2. The van der Waals surface area contributed by atoms with E-state index in [2.05, 4.69) is 28.7 Å². The van der Waals surface area contributed by atoms with Crippen molar-refractivity contribution in [3.63, 3.8) is 0 Å². The van der Waals surface area contributed by atoms with Crippen LogP contribution in [-0.4, -0.2) is 34.7 Å². The molecule has 7 nitrogen and oxygen atoms in total. The Labute approximate surface area is 200 Å². The number of aryl methyl sites for hydroxylation is 1. The molecule has 178 valence electrons. The molecule has 0 bridgehead atoms. The van der Waals surface area contributed by atoms with Crippen LogP contribution < -0.4 is 14.8 Å². The van der Waals surface area contributed by atoms with Gasteiger partial charge in [-0.15, -0.1) is 0 Å². The minimum atomic E-state index is 0.00438. The van der Waals surface area contributed by atoms with Crippen molar-refractivity contribution >= 4 is 22.8 Å².